The number of rotatable bonds is 7. The van der Waals surface area contributed by atoms with Crippen molar-refractivity contribution in [1.29, 1.82) is 0 Å². The summed E-state index contributed by atoms with van der Waals surface area (Å²) in [6, 6.07) is 1.19. The van der Waals surface area contributed by atoms with Crippen molar-refractivity contribution in [2.24, 2.45) is 5.92 Å². The van der Waals surface area contributed by atoms with E-state index in [0.717, 1.165) is 32.2 Å². The van der Waals surface area contributed by atoms with Gasteiger partial charge in [-0.25, -0.2) is 0 Å². The fraction of sp³-hybridized carbons (Fsp3) is 1.00. The van der Waals surface area contributed by atoms with Gasteiger partial charge in [0.25, 0.3) is 0 Å². The lowest BCUT2D eigenvalue weighted by molar-refractivity contribution is 0.0607. The molecule has 1 N–H and O–H groups in total. The predicted octanol–water partition coefficient (Wildman–Crippen LogP) is 2.12. The monoisotopic (exact) mass is 242 g/mol. The third-order valence-electron chi connectivity index (χ3n) is 3.90. The molecule has 0 amide bonds. The van der Waals surface area contributed by atoms with Gasteiger partial charge in [-0.05, 0) is 25.8 Å². The van der Waals surface area contributed by atoms with Gasteiger partial charge in [0.15, 0.2) is 0 Å². The van der Waals surface area contributed by atoms with Crippen LogP contribution in [0.1, 0.15) is 40.5 Å². The second kappa shape index (κ2) is 8.06. The molecule has 1 aliphatic rings. The van der Waals surface area contributed by atoms with Crippen molar-refractivity contribution in [1.82, 2.24) is 10.2 Å². The zero-order valence-corrected chi connectivity index (χ0v) is 12.0. The molecule has 1 heterocycles. The summed E-state index contributed by atoms with van der Waals surface area (Å²) >= 11 is 0. The molecule has 1 saturated heterocycles. The van der Waals surface area contributed by atoms with Crippen LogP contribution in [0.15, 0.2) is 0 Å². The number of morpholine rings is 1. The molecular formula is C14H30N2O. The second-order valence-electron chi connectivity index (χ2n) is 5.41. The van der Waals surface area contributed by atoms with E-state index in [4.69, 9.17) is 4.74 Å². The predicted molar refractivity (Wildman–Crippen MR) is 73.4 cm³/mol. The maximum absolute atomic E-state index is 5.52. The highest BCUT2D eigenvalue weighted by Gasteiger charge is 2.20. The molecule has 0 spiro atoms. The van der Waals surface area contributed by atoms with Crippen molar-refractivity contribution in [3.05, 3.63) is 0 Å². The van der Waals surface area contributed by atoms with E-state index in [1.165, 1.54) is 19.4 Å². The van der Waals surface area contributed by atoms with E-state index in [2.05, 4.69) is 37.9 Å². The Bertz CT molecular complexity index is 193. The summed E-state index contributed by atoms with van der Waals surface area (Å²) in [7, 11) is 0. The molecule has 0 aliphatic carbocycles. The molecule has 3 atom stereocenters. The lowest BCUT2D eigenvalue weighted by Gasteiger charge is -2.34. The van der Waals surface area contributed by atoms with Crippen LogP contribution in [-0.4, -0.2) is 49.8 Å². The van der Waals surface area contributed by atoms with Crippen LogP contribution >= 0.6 is 0 Å². The minimum Gasteiger partial charge on any atom is -0.379 e. The average Bonchev–Trinajstić information content (AvgIpc) is 2.36. The Labute approximate surface area is 107 Å². The Morgan fingerprint density at radius 3 is 2.65 bits per heavy atom. The molecule has 0 aromatic carbocycles. The fourth-order valence-electron chi connectivity index (χ4n) is 2.48. The van der Waals surface area contributed by atoms with Crippen LogP contribution in [0.25, 0.3) is 0 Å². The summed E-state index contributed by atoms with van der Waals surface area (Å²) in [4.78, 5) is 2.60. The van der Waals surface area contributed by atoms with Gasteiger partial charge in [-0.15, -0.1) is 0 Å². The van der Waals surface area contributed by atoms with Gasteiger partial charge >= 0.3 is 0 Å². The van der Waals surface area contributed by atoms with Crippen LogP contribution in [0, 0.1) is 5.92 Å². The van der Waals surface area contributed by atoms with Gasteiger partial charge in [0.2, 0.25) is 0 Å². The first-order valence-electron chi connectivity index (χ1n) is 7.22. The lowest BCUT2D eigenvalue weighted by Crippen LogP contribution is -2.46. The first kappa shape index (κ1) is 14.9. The minimum absolute atomic E-state index is 0.546. The maximum atomic E-state index is 5.52. The van der Waals surface area contributed by atoms with Crippen LogP contribution in [0.2, 0.25) is 0 Å². The van der Waals surface area contributed by atoms with Crippen molar-refractivity contribution < 1.29 is 4.74 Å². The second-order valence-corrected chi connectivity index (χ2v) is 5.41. The molecule has 1 rings (SSSR count). The SMILES string of the molecule is CCC(C)CN(CC)C(C)CC1COCCN1. The minimum atomic E-state index is 0.546. The number of nitrogens with one attached hydrogen (secondary N) is 1. The molecule has 0 aromatic rings. The highest BCUT2D eigenvalue weighted by molar-refractivity contribution is 4.78. The number of hydrogen-bond donors (Lipinski definition) is 1. The zero-order valence-electron chi connectivity index (χ0n) is 12.0. The number of hydrogen-bond acceptors (Lipinski definition) is 3. The summed E-state index contributed by atoms with van der Waals surface area (Å²) < 4.78 is 5.52. The summed E-state index contributed by atoms with van der Waals surface area (Å²) in [5.74, 6) is 0.799. The molecule has 0 radical (unpaired) electrons. The molecule has 1 aliphatic heterocycles. The Morgan fingerprint density at radius 1 is 1.35 bits per heavy atom. The van der Waals surface area contributed by atoms with Crippen LogP contribution in [0.3, 0.4) is 0 Å². The van der Waals surface area contributed by atoms with Crippen LogP contribution in [0.4, 0.5) is 0 Å². The maximum Gasteiger partial charge on any atom is 0.0620 e. The first-order valence-corrected chi connectivity index (χ1v) is 7.22. The summed E-state index contributed by atoms with van der Waals surface area (Å²) in [5, 5.41) is 3.54. The van der Waals surface area contributed by atoms with Gasteiger partial charge in [-0.3, -0.25) is 0 Å². The largest absolute Gasteiger partial charge is 0.379 e. The van der Waals surface area contributed by atoms with Gasteiger partial charge in [0.1, 0.15) is 0 Å². The summed E-state index contributed by atoms with van der Waals surface area (Å²) in [5.41, 5.74) is 0. The van der Waals surface area contributed by atoms with E-state index in [1.807, 2.05) is 0 Å². The van der Waals surface area contributed by atoms with Crippen molar-refractivity contribution in [2.45, 2.75) is 52.6 Å². The highest BCUT2D eigenvalue weighted by Crippen LogP contribution is 2.12. The Hall–Kier alpha value is -0.120. The van der Waals surface area contributed by atoms with E-state index in [9.17, 15) is 0 Å². The Balaban J connectivity index is 2.33. The molecule has 3 nitrogen and oxygen atoms in total. The molecule has 0 saturated carbocycles. The van der Waals surface area contributed by atoms with Gasteiger partial charge in [0.05, 0.1) is 13.2 Å². The smallest absolute Gasteiger partial charge is 0.0620 e. The van der Waals surface area contributed by atoms with E-state index in [-0.39, 0.29) is 0 Å². The molecule has 0 bridgehead atoms. The summed E-state index contributed by atoms with van der Waals surface area (Å²) in [6.45, 7) is 14.4. The molecule has 1 fully saturated rings. The quantitative estimate of drug-likeness (QED) is 0.740. The zero-order chi connectivity index (χ0) is 12.7. The fourth-order valence-corrected chi connectivity index (χ4v) is 2.48. The average molecular weight is 242 g/mol. The first-order chi connectivity index (χ1) is 8.17. The van der Waals surface area contributed by atoms with Crippen molar-refractivity contribution >= 4 is 0 Å². The Morgan fingerprint density at radius 2 is 2.12 bits per heavy atom. The van der Waals surface area contributed by atoms with Crippen LogP contribution < -0.4 is 5.32 Å². The standard InChI is InChI=1S/C14H30N2O/c1-5-12(3)10-16(6-2)13(4)9-14-11-17-8-7-15-14/h12-15H,5-11H2,1-4H3. The third-order valence-corrected chi connectivity index (χ3v) is 3.90. The van der Waals surface area contributed by atoms with Crippen LogP contribution in [-0.2, 0) is 4.74 Å². The van der Waals surface area contributed by atoms with Crippen molar-refractivity contribution in [2.75, 3.05) is 32.8 Å². The number of ether oxygens (including phenoxy) is 1. The van der Waals surface area contributed by atoms with Gasteiger partial charge in [-0.2, -0.15) is 0 Å². The lowest BCUT2D eigenvalue weighted by atomic mass is 10.0. The van der Waals surface area contributed by atoms with Gasteiger partial charge < -0.3 is 15.0 Å². The number of nitrogens with zero attached hydrogens (tertiary/aromatic N) is 1. The van der Waals surface area contributed by atoms with E-state index < -0.39 is 0 Å². The van der Waals surface area contributed by atoms with Crippen LogP contribution in [0.5, 0.6) is 0 Å². The van der Waals surface area contributed by atoms with Crippen molar-refractivity contribution in [3.8, 4) is 0 Å². The van der Waals surface area contributed by atoms with Crippen molar-refractivity contribution in [3.63, 3.8) is 0 Å². The van der Waals surface area contributed by atoms with Gasteiger partial charge in [0, 0.05) is 25.2 Å². The van der Waals surface area contributed by atoms with E-state index in [0.29, 0.717) is 12.1 Å². The summed E-state index contributed by atoms with van der Waals surface area (Å²) in [6.07, 6.45) is 2.47. The molecule has 17 heavy (non-hydrogen) atoms. The molecule has 3 heteroatoms. The normalized spacial score (nSPS) is 24.9. The highest BCUT2D eigenvalue weighted by atomic mass is 16.5. The molecule has 102 valence electrons. The molecular weight excluding hydrogens is 212 g/mol. The van der Waals surface area contributed by atoms with Gasteiger partial charge in [-0.1, -0.05) is 27.2 Å². The third kappa shape index (κ3) is 5.36. The molecule has 3 unspecified atom stereocenters. The molecule has 0 aromatic heterocycles. The Kier molecular flexibility index (Phi) is 7.09. The van der Waals surface area contributed by atoms with E-state index >= 15 is 0 Å². The van der Waals surface area contributed by atoms with E-state index in [1.54, 1.807) is 0 Å². The topological polar surface area (TPSA) is 24.5 Å².